The molecule has 0 saturated heterocycles. The van der Waals surface area contributed by atoms with E-state index < -0.39 is 0 Å². The van der Waals surface area contributed by atoms with Crippen LogP contribution in [0.5, 0.6) is 0 Å². The van der Waals surface area contributed by atoms with Gasteiger partial charge in [0.1, 0.15) is 0 Å². The molecule has 0 atom stereocenters. The van der Waals surface area contributed by atoms with E-state index >= 15 is 0 Å². The van der Waals surface area contributed by atoms with Gasteiger partial charge in [0.05, 0.1) is 6.07 Å². The maximum Gasteiger partial charge on any atom is 0.0953 e. The van der Waals surface area contributed by atoms with E-state index in [-0.39, 0.29) is 0 Å². The van der Waals surface area contributed by atoms with Gasteiger partial charge in [0, 0.05) is 22.1 Å². The molecule has 0 fully saturated rings. The summed E-state index contributed by atoms with van der Waals surface area (Å²) in [5.74, 6) is 1.02. The Bertz CT molecular complexity index is 517. The minimum atomic E-state index is 0.290. The van der Waals surface area contributed by atoms with E-state index in [1.54, 1.807) is 11.8 Å². The Morgan fingerprint density at radius 3 is 2.56 bits per heavy atom. The number of hydrogen-bond donors (Lipinski definition) is 0. The van der Waals surface area contributed by atoms with Gasteiger partial charge >= 0.3 is 0 Å². The van der Waals surface area contributed by atoms with Gasteiger partial charge < -0.3 is 0 Å². The third-order valence-corrected chi connectivity index (χ3v) is 3.79. The normalized spacial score (nSPS) is 15.0. The highest BCUT2D eigenvalue weighted by molar-refractivity contribution is 7.99. The Hall–Kier alpha value is -1.72. The van der Waals surface area contributed by atoms with Crippen molar-refractivity contribution in [3.05, 3.63) is 65.8 Å². The van der Waals surface area contributed by atoms with Crippen molar-refractivity contribution < 1.29 is 0 Å². The topological polar surface area (TPSA) is 23.8 Å². The van der Waals surface area contributed by atoms with Gasteiger partial charge in [0.2, 0.25) is 0 Å². The number of benzene rings is 1. The highest BCUT2D eigenvalue weighted by Crippen LogP contribution is 2.22. The fraction of sp³-hybridized carbons (Fsp3) is 0.188. The summed E-state index contributed by atoms with van der Waals surface area (Å²) in [4.78, 5) is 1.21. The van der Waals surface area contributed by atoms with Crippen LogP contribution in [0.25, 0.3) is 0 Å². The van der Waals surface area contributed by atoms with Gasteiger partial charge in [0.15, 0.2) is 0 Å². The van der Waals surface area contributed by atoms with Crippen LogP contribution in [-0.4, -0.2) is 5.75 Å². The quantitative estimate of drug-likeness (QED) is 0.590. The van der Waals surface area contributed by atoms with Crippen LogP contribution in [0, 0.1) is 24.2 Å². The molecule has 0 bridgehead atoms. The van der Waals surface area contributed by atoms with Crippen molar-refractivity contribution in [2.24, 2.45) is 5.92 Å². The van der Waals surface area contributed by atoms with Gasteiger partial charge in [0.25, 0.3) is 0 Å². The monoisotopic (exact) mass is 253 g/mol. The molecule has 90 valence electrons. The zero-order valence-electron chi connectivity index (χ0n) is 10.3. The highest BCUT2D eigenvalue weighted by Gasteiger charge is 2.04. The van der Waals surface area contributed by atoms with Crippen LogP contribution in [-0.2, 0) is 0 Å². The Morgan fingerprint density at radius 2 is 1.94 bits per heavy atom. The van der Waals surface area contributed by atoms with Crippen LogP contribution in [0.2, 0.25) is 0 Å². The lowest BCUT2D eigenvalue weighted by atomic mass is 10.1. The molecule has 1 aliphatic carbocycles. The van der Waals surface area contributed by atoms with Crippen molar-refractivity contribution in [1.82, 2.24) is 0 Å². The average Bonchev–Trinajstić information content (AvgIpc) is 2.89. The summed E-state index contributed by atoms with van der Waals surface area (Å²) in [6.07, 6.45) is 10.2. The molecule has 0 heterocycles. The standard InChI is InChI=1S/C16H15NS/c1-13-6-8-16(9-7-13)18-12-15(11-17)10-14-4-2-3-5-14/h2-10,14H,12H2,1H3/b15-10+. The lowest BCUT2D eigenvalue weighted by molar-refractivity contribution is 1.08. The molecule has 1 aromatic rings. The van der Waals surface area contributed by atoms with E-state index in [2.05, 4.69) is 49.4 Å². The van der Waals surface area contributed by atoms with E-state index in [4.69, 9.17) is 5.26 Å². The molecule has 0 saturated carbocycles. The molecule has 0 spiro atoms. The molecule has 0 N–H and O–H groups in total. The number of rotatable bonds is 4. The van der Waals surface area contributed by atoms with Crippen LogP contribution in [0.3, 0.4) is 0 Å². The van der Waals surface area contributed by atoms with Crippen molar-refractivity contribution in [2.45, 2.75) is 11.8 Å². The average molecular weight is 253 g/mol. The predicted molar refractivity (Wildman–Crippen MR) is 77.4 cm³/mol. The van der Waals surface area contributed by atoms with Crippen molar-refractivity contribution in [1.29, 1.82) is 5.26 Å². The zero-order chi connectivity index (χ0) is 12.8. The lowest BCUT2D eigenvalue weighted by Crippen LogP contribution is -1.90. The van der Waals surface area contributed by atoms with Gasteiger partial charge in [-0.15, -0.1) is 11.8 Å². The van der Waals surface area contributed by atoms with Gasteiger partial charge in [-0.25, -0.2) is 0 Å². The predicted octanol–water partition coefficient (Wildman–Crippen LogP) is 4.28. The van der Waals surface area contributed by atoms with E-state index in [0.29, 0.717) is 5.92 Å². The van der Waals surface area contributed by atoms with E-state index in [0.717, 1.165) is 11.3 Å². The molecule has 0 aromatic heterocycles. The number of hydrogen-bond acceptors (Lipinski definition) is 2. The second-order valence-corrected chi connectivity index (χ2v) is 5.30. The fourth-order valence-corrected chi connectivity index (χ4v) is 2.52. The third-order valence-electron chi connectivity index (χ3n) is 2.73. The first-order chi connectivity index (χ1) is 8.78. The van der Waals surface area contributed by atoms with Crippen LogP contribution in [0.15, 0.2) is 65.1 Å². The van der Waals surface area contributed by atoms with Gasteiger partial charge in [-0.05, 0) is 19.1 Å². The minimum absolute atomic E-state index is 0.290. The molecule has 0 unspecified atom stereocenters. The zero-order valence-corrected chi connectivity index (χ0v) is 11.2. The Labute approximate surface area is 113 Å². The summed E-state index contributed by atoms with van der Waals surface area (Å²) < 4.78 is 0. The van der Waals surface area contributed by atoms with Crippen molar-refractivity contribution in [3.63, 3.8) is 0 Å². The van der Waals surface area contributed by atoms with E-state index in [1.165, 1.54) is 10.5 Å². The first kappa shape index (κ1) is 12.7. The fourth-order valence-electron chi connectivity index (χ4n) is 1.71. The first-order valence-electron chi connectivity index (χ1n) is 5.93. The second-order valence-electron chi connectivity index (χ2n) is 4.25. The summed E-state index contributed by atoms with van der Waals surface area (Å²) in [5.41, 5.74) is 2.10. The molecule has 0 radical (unpaired) electrons. The molecule has 1 nitrogen and oxygen atoms in total. The van der Waals surface area contributed by atoms with Gasteiger partial charge in [-0.3, -0.25) is 0 Å². The Kier molecular flexibility index (Phi) is 4.44. The molecule has 1 aromatic carbocycles. The summed E-state index contributed by atoms with van der Waals surface area (Å²) in [6, 6.07) is 10.7. The maximum atomic E-state index is 9.13. The van der Waals surface area contributed by atoms with Crippen molar-refractivity contribution in [3.8, 4) is 6.07 Å². The second kappa shape index (κ2) is 6.28. The summed E-state index contributed by atoms with van der Waals surface area (Å²) >= 11 is 1.71. The Morgan fingerprint density at radius 1 is 1.28 bits per heavy atom. The Balaban J connectivity index is 1.95. The third kappa shape index (κ3) is 3.65. The minimum Gasteiger partial charge on any atom is -0.193 e. The first-order valence-corrected chi connectivity index (χ1v) is 6.92. The molecular weight excluding hydrogens is 238 g/mol. The molecule has 2 rings (SSSR count). The van der Waals surface area contributed by atoms with Crippen LogP contribution in [0.1, 0.15) is 5.56 Å². The largest absolute Gasteiger partial charge is 0.193 e. The molecule has 1 aliphatic rings. The van der Waals surface area contributed by atoms with Gasteiger partial charge in [-0.2, -0.15) is 5.26 Å². The number of thioether (sulfide) groups is 1. The summed E-state index contributed by atoms with van der Waals surface area (Å²) in [5, 5.41) is 9.13. The number of nitrogens with zero attached hydrogens (tertiary/aromatic N) is 1. The van der Waals surface area contributed by atoms with Gasteiger partial charge in [-0.1, -0.05) is 48.1 Å². The molecular formula is C16H15NS. The van der Waals surface area contributed by atoms with Crippen molar-refractivity contribution in [2.75, 3.05) is 5.75 Å². The highest BCUT2D eigenvalue weighted by atomic mass is 32.2. The summed E-state index contributed by atoms with van der Waals surface area (Å²) in [7, 11) is 0. The molecule has 2 heteroatoms. The number of aryl methyl sites for hydroxylation is 1. The number of allylic oxidation sites excluding steroid dienone is 5. The van der Waals surface area contributed by atoms with E-state index in [9.17, 15) is 0 Å². The van der Waals surface area contributed by atoms with Crippen LogP contribution < -0.4 is 0 Å². The van der Waals surface area contributed by atoms with Crippen LogP contribution >= 0.6 is 11.8 Å². The SMILES string of the molecule is Cc1ccc(SC/C(C#N)=C/C2C=CC=C2)cc1. The molecule has 18 heavy (non-hydrogen) atoms. The lowest BCUT2D eigenvalue weighted by Gasteiger charge is -2.03. The van der Waals surface area contributed by atoms with Crippen molar-refractivity contribution >= 4 is 11.8 Å². The molecule has 0 amide bonds. The van der Waals surface area contributed by atoms with Crippen LogP contribution in [0.4, 0.5) is 0 Å². The smallest absolute Gasteiger partial charge is 0.0953 e. The summed E-state index contributed by atoms with van der Waals surface area (Å²) in [6.45, 7) is 2.08. The molecule has 0 aliphatic heterocycles. The van der Waals surface area contributed by atoms with E-state index in [1.807, 2.05) is 18.2 Å². The number of nitriles is 1. The maximum absolute atomic E-state index is 9.13.